The Balaban J connectivity index is 3.16. The molecule has 0 aliphatic carbocycles. The zero-order valence-electron chi connectivity index (χ0n) is 16.2. The lowest BCUT2D eigenvalue weighted by molar-refractivity contribution is -0.127. The van der Waals surface area contributed by atoms with Crippen LogP contribution in [0.15, 0.2) is 0 Å². The van der Waals surface area contributed by atoms with Crippen molar-refractivity contribution in [1.29, 1.82) is 0 Å². The normalized spacial score (nSPS) is 12.7. The predicted molar refractivity (Wildman–Crippen MR) is 96.4 cm³/mol. The SMILES string of the molecule is CCCC(C)C(=O)COCCOCCOCCOCCCC(C)C. The van der Waals surface area contributed by atoms with E-state index < -0.39 is 0 Å². The van der Waals surface area contributed by atoms with Gasteiger partial charge in [-0.05, 0) is 25.2 Å². The smallest absolute Gasteiger partial charge is 0.161 e. The van der Waals surface area contributed by atoms with Crippen molar-refractivity contribution < 1.29 is 23.7 Å². The molecule has 0 aromatic carbocycles. The molecule has 24 heavy (non-hydrogen) atoms. The van der Waals surface area contributed by atoms with E-state index in [0.29, 0.717) is 39.6 Å². The highest BCUT2D eigenvalue weighted by Crippen LogP contribution is 2.06. The molecule has 0 aromatic rings. The van der Waals surface area contributed by atoms with Gasteiger partial charge in [0, 0.05) is 12.5 Å². The summed E-state index contributed by atoms with van der Waals surface area (Å²) in [5.41, 5.74) is 0. The van der Waals surface area contributed by atoms with Crippen molar-refractivity contribution in [3.05, 3.63) is 0 Å². The lowest BCUT2D eigenvalue weighted by Crippen LogP contribution is -2.19. The molecular formula is C19H38O5. The minimum atomic E-state index is 0.0944. The van der Waals surface area contributed by atoms with Gasteiger partial charge in [-0.3, -0.25) is 4.79 Å². The van der Waals surface area contributed by atoms with E-state index in [1.54, 1.807) is 0 Å². The second-order valence-electron chi connectivity index (χ2n) is 6.58. The molecule has 0 aliphatic heterocycles. The molecule has 0 radical (unpaired) electrons. The maximum absolute atomic E-state index is 11.7. The van der Waals surface area contributed by atoms with Crippen LogP contribution in [0.5, 0.6) is 0 Å². The van der Waals surface area contributed by atoms with E-state index in [4.69, 9.17) is 18.9 Å². The van der Waals surface area contributed by atoms with E-state index in [1.807, 2.05) is 6.92 Å². The Morgan fingerprint density at radius 3 is 1.75 bits per heavy atom. The van der Waals surface area contributed by atoms with Crippen LogP contribution in [-0.4, -0.2) is 58.6 Å². The maximum atomic E-state index is 11.7. The summed E-state index contributed by atoms with van der Waals surface area (Å²) in [4.78, 5) is 11.7. The van der Waals surface area contributed by atoms with Crippen LogP contribution in [0.2, 0.25) is 0 Å². The topological polar surface area (TPSA) is 54.0 Å². The molecule has 0 spiro atoms. The molecule has 0 aliphatic rings. The molecule has 0 amide bonds. The minimum absolute atomic E-state index is 0.0944. The molecule has 0 N–H and O–H groups in total. The molecule has 0 fully saturated rings. The first-order chi connectivity index (χ1) is 11.6. The van der Waals surface area contributed by atoms with Gasteiger partial charge < -0.3 is 18.9 Å². The van der Waals surface area contributed by atoms with E-state index in [1.165, 1.54) is 6.42 Å². The summed E-state index contributed by atoms with van der Waals surface area (Å²) in [5, 5.41) is 0. The molecule has 0 aromatic heterocycles. The fraction of sp³-hybridized carbons (Fsp3) is 0.947. The third kappa shape index (κ3) is 16.4. The molecule has 0 bridgehead atoms. The van der Waals surface area contributed by atoms with Crippen molar-refractivity contribution in [2.45, 2.75) is 53.4 Å². The number of hydrogen-bond acceptors (Lipinski definition) is 5. The van der Waals surface area contributed by atoms with Gasteiger partial charge in [-0.2, -0.15) is 0 Å². The van der Waals surface area contributed by atoms with Crippen molar-refractivity contribution in [2.24, 2.45) is 11.8 Å². The summed E-state index contributed by atoms with van der Waals surface area (Å²) in [6, 6.07) is 0. The van der Waals surface area contributed by atoms with E-state index in [-0.39, 0.29) is 18.3 Å². The first kappa shape index (κ1) is 23.5. The number of rotatable bonds is 18. The summed E-state index contributed by atoms with van der Waals surface area (Å²) < 4.78 is 21.6. The number of ketones is 1. The lowest BCUT2D eigenvalue weighted by atomic mass is 10.0. The molecule has 0 saturated carbocycles. The largest absolute Gasteiger partial charge is 0.379 e. The summed E-state index contributed by atoms with van der Waals surface area (Å²) in [6.07, 6.45) is 4.27. The molecular weight excluding hydrogens is 308 g/mol. The standard InChI is InChI=1S/C19H38O5/c1-5-7-18(4)19(20)16-24-15-14-23-13-12-22-11-10-21-9-6-8-17(2)3/h17-18H,5-16H2,1-4H3. The monoisotopic (exact) mass is 346 g/mol. The van der Waals surface area contributed by atoms with Crippen molar-refractivity contribution in [1.82, 2.24) is 0 Å². The van der Waals surface area contributed by atoms with Crippen molar-refractivity contribution in [3.8, 4) is 0 Å². The lowest BCUT2D eigenvalue weighted by Gasteiger charge is -2.10. The fourth-order valence-electron chi connectivity index (χ4n) is 2.16. The second kappa shape index (κ2) is 17.3. The first-order valence-electron chi connectivity index (χ1n) is 9.41. The maximum Gasteiger partial charge on any atom is 0.161 e. The van der Waals surface area contributed by atoms with Crippen molar-refractivity contribution in [3.63, 3.8) is 0 Å². The summed E-state index contributed by atoms with van der Waals surface area (Å²) in [6.45, 7) is 12.8. The summed E-state index contributed by atoms with van der Waals surface area (Å²) in [7, 11) is 0. The second-order valence-corrected chi connectivity index (χ2v) is 6.58. The third-order valence-corrected chi connectivity index (χ3v) is 3.70. The molecule has 5 heteroatoms. The fourth-order valence-corrected chi connectivity index (χ4v) is 2.16. The Kier molecular flexibility index (Phi) is 17.0. The van der Waals surface area contributed by atoms with Crippen LogP contribution < -0.4 is 0 Å². The number of hydrogen-bond donors (Lipinski definition) is 0. The molecule has 1 atom stereocenters. The number of ether oxygens (including phenoxy) is 4. The highest BCUT2D eigenvalue weighted by atomic mass is 16.6. The van der Waals surface area contributed by atoms with Gasteiger partial charge in [-0.1, -0.05) is 34.1 Å². The zero-order valence-corrected chi connectivity index (χ0v) is 16.2. The predicted octanol–water partition coefficient (Wildman–Crippen LogP) is 3.49. The van der Waals surface area contributed by atoms with E-state index >= 15 is 0 Å². The highest BCUT2D eigenvalue weighted by Gasteiger charge is 2.11. The molecule has 144 valence electrons. The zero-order chi connectivity index (χ0) is 18.0. The van der Waals surface area contributed by atoms with Gasteiger partial charge in [0.15, 0.2) is 5.78 Å². The van der Waals surface area contributed by atoms with Crippen molar-refractivity contribution >= 4 is 5.78 Å². The van der Waals surface area contributed by atoms with Gasteiger partial charge >= 0.3 is 0 Å². The van der Waals surface area contributed by atoms with Crippen LogP contribution in [0.25, 0.3) is 0 Å². The Bertz CT molecular complexity index is 281. The van der Waals surface area contributed by atoms with Crippen LogP contribution >= 0.6 is 0 Å². The Morgan fingerprint density at radius 1 is 0.750 bits per heavy atom. The third-order valence-electron chi connectivity index (χ3n) is 3.70. The van der Waals surface area contributed by atoms with Crippen LogP contribution in [-0.2, 0) is 23.7 Å². The number of carbonyl (C=O) groups excluding carboxylic acids is 1. The Labute approximate surface area is 148 Å². The summed E-state index contributed by atoms with van der Waals surface area (Å²) >= 11 is 0. The molecule has 5 nitrogen and oxygen atoms in total. The summed E-state index contributed by atoms with van der Waals surface area (Å²) in [5.74, 6) is 1.01. The van der Waals surface area contributed by atoms with Gasteiger partial charge in [0.25, 0.3) is 0 Å². The molecule has 0 rings (SSSR count). The van der Waals surface area contributed by atoms with Crippen LogP contribution in [0, 0.1) is 11.8 Å². The molecule has 0 saturated heterocycles. The quantitative estimate of drug-likeness (QED) is 0.356. The van der Waals surface area contributed by atoms with E-state index in [2.05, 4.69) is 20.8 Å². The van der Waals surface area contributed by atoms with Gasteiger partial charge in [0.2, 0.25) is 0 Å². The van der Waals surface area contributed by atoms with Gasteiger partial charge in [-0.25, -0.2) is 0 Å². The number of carbonyl (C=O) groups is 1. The van der Waals surface area contributed by atoms with E-state index in [0.717, 1.165) is 31.8 Å². The molecule has 1 unspecified atom stereocenters. The van der Waals surface area contributed by atoms with Gasteiger partial charge in [0.1, 0.15) is 6.61 Å². The van der Waals surface area contributed by atoms with E-state index in [9.17, 15) is 4.79 Å². The first-order valence-corrected chi connectivity index (χ1v) is 9.41. The van der Waals surface area contributed by atoms with Gasteiger partial charge in [0.05, 0.1) is 39.6 Å². The van der Waals surface area contributed by atoms with Crippen molar-refractivity contribution in [2.75, 3.05) is 52.9 Å². The van der Waals surface area contributed by atoms with Crippen LogP contribution in [0.4, 0.5) is 0 Å². The average molecular weight is 347 g/mol. The van der Waals surface area contributed by atoms with Crippen LogP contribution in [0.3, 0.4) is 0 Å². The number of Topliss-reactive ketones (excluding diaryl/α,β-unsaturated/α-hetero) is 1. The Hall–Kier alpha value is -0.490. The van der Waals surface area contributed by atoms with Crippen LogP contribution in [0.1, 0.15) is 53.4 Å². The Morgan fingerprint density at radius 2 is 1.25 bits per heavy atom. The molecule has 0 heterocycles. The van der Waals surface area contributed by atoms with Gasteiger partial charge in [-0.15, -0.1) is 0 Å². The average Bonchev–Trinajstić information content (AvgIpc) is 2.54. The minimum Gasteiger partial charge on any atom is -0.379 e. The highest BCUT2D eigenvalue weighted by molar-refractivity contribution is 5.81.